The summed E-state index contributed by atoms with van der Waals surface area (Å²) in [7, 11) is 0. The molecule has 206 valence electrons. The Labute approximate surface area is 224 Å². The average Bonchev–Trinajstić information content (AvgIpc) is 3.76. The molecular weight excluding hydrogens is 484 g/mol. The Bertz CT molecular complexity index is 1190. The number of allylic oxidation sites excluding steroid dienone is 4. The number of halogens is 2. The van der Waals surface area contributed by atoms with Crippen LogP contribution in [0.2, 0.25) is 0 Å². The van der Waals surface area contributed by atoms with Crippen molar-refractivity contribution in [2.24, 2.45) is 28.5 Å². The fraction of sp³-hybridized carbons (Fsp3) is 0.581. The zero-order chi connectivity index (χ0) is 27.5. The summed E-state index contributed by atoms with van der Waals surface area (Å²) in [5.74, 6) is 6.66. The van der Waals surface area contributed by atoms with Crippen LogP contribution in [-0.2, 0) is 0 Å². The Hall–Kier alpha value is -2.35. The second kappa shape index (κ2) is 9.68. The number of fused-ring (bicyclic) bond motifs is 2. The lowest BCUT2D eigenvalue weighted by molar-refractivity contribution is -0.105. The van der Waals surface area contributed by atoms with Gasteiger partial charge in [-0.05, 0) is 88.1 Å². The molecule has 5 nitrogen and oxygen atoms in total. The summed E-state index contributed by atoms with van der Waals surface area (Å²) in [4.78, 5) is 4.09. The van der Waals surface area contributed by atoms with Crippen LogP contribution in [-0.4, -0.2) is 31.8 Å². The van der Waals surface area contributed by atoms with Crippen LogP contribution >= 0.6 is 0 Å². The summed E-state index contributed by atoms with van der Waals surface area (Å²) in [5, 5.41) is 25.3. The molecule has 3 saturated carbocycles. The Morgan fingerprint density at radius 3 is 2.63 bits per heavy atom. The van der Waals surface area contributed by atoms with Gasteiger partial charge in [0.05, 0.1) is 41.2 Å². The largest absolute Gasteiger partial charge is 0.389 e. The highest BCUT2D eigenvalue weighted by Gasteiger charge is 2.76. The summed E-state index contributed by atoms with van der Waals surface area (Å²) >= 11 is 0. The first-order chi connectivity index (χ1) is 18.0. The van der Waals surface area contributed by atoms with Crippen molar-refractivity contribution in [3.05, 3.63) is 77.3 Å². The standard InChI is InChI=1S/C31H41F2N3O2/c1-5-13-29-18-31(21-7-8-21)22(12-14-30(31,38)16-27(37)25-10-9-23(33)17-35-25)15-24(29)28(29)36(34)26(19(2)3)11-6-20(4)32/h6,9-11,15,17,21,24,27-28,37-38H,2,5,7-8,12-14,16,18,34H2,1,3-4H3. The highest BCUT2D eigenvalue weighted by molar-refractivity contribution is 5.44. The summed E-state index contributed by atoms with van der Waals surface area (Å²) in [5.41, 5.74) is 1.55. The van der Waals surface area contributed by atoms with E-state index in [0.29, 0.717) is 23.7 Å². The van der Waals surface area contributed by atoms with E-state index in [1.165, 1.54) is 30.7 Å². The smallest absolute Gasteiger partial charge is 0.141 e. The number of aromatic nitrogens is 1. The molecule has 1 aromatic heterocycles. The first kappa shape index (κ1) is 27.2. The quantitative estimate of drug-likeness (QED) is 0.147. The first-order valence-corrected chi connectivity index (χ1v) is 14.0. The number of rotatable bonds is 10. The second-order valence-electron chi connectivity index (χ2n) is 12.2. The molecule has 6 unspecified atom stereocenters. The number of nitrogens with two attached hydrogens (primary N) is 1. The Balaban J connectivity index is 1.49. The van der Waals surface area contributed by atoms with Gasteiger partial charge in [-0.3, -0.25) is 4.98 Å². The molecule has 7 heteroatoms. The number of hydrazine groups is 1. The fourth-order valence-electron chi connectivity index (χ4n) is 8.08. The van der Waals surface area contributed by atoms with Crippen LogP contribution < -0.4 is 5.84 Å². The number of aliphatic hydroxyl groups excluding tert-OH is 1. The van der Waals surface area contributed by atoms with Crippen molar-refractivity contribution >= 4 is 0 Å². The molecule has 0 aromatic carbocycles. The van der Waals surface area contributed by atoms with Crippen molar-refractivity contribution in [1.82, 2.24) is 9.99 Å². The molecule has 5 rings (SSSR count). The second-order valence-corrected chi connectivity index (χ2v) is 12.2. The van der Waals surface area contributed by atoms with Gasteiger partial charge in [0.25, 0.3) is 0 Å². The van der Waals surface area contributed by atoms with Gasteiger partial charge in [0, 0.05) is 23.2 Å². The predicted molar refractivity (Wildman–Crippen MR) is 144 cm³/mol. The molecule has 4 N–H and O–H groups in total. The third-order valence-corrected chi connectivity index (χ3v) is 9.78. The van der Waals surface area contributed by atoms with Crippen LogP contribution in [0.25, 0.3) is 0 Å². The number of aliphatic hydroxyl groups is 2. The van der Waals surface area contributed by atoms with E-state index in [1.807, 2.05) is 6.92 Å². The lowest BCUT2D eigenvalue weighted by Crippen LogP contribution is -2.50. The van der Waals surface area contributed by atoms with Gasteiger partial charge in [0.1, 0.15) is 5.82 Å². The van der Waals surface area contributed by atoms with Gasteiger partial charge in [-0.1, -0.05) is 31.6 Å². The highest BCUT2D eigenvalue weighted by Crippen LogP contribution is 2.77. The molecule has 6 atom stereocenters. The number of hydrogen-bond acceptors (Lipinski definition) is 5. The third-order valence-electron chi connectivity index (χ3n) is 9.78. The topological polar surface area (TPSA) is 82.6 Å². The van der Waals surface area contributed by atoms with Crippen molar-refractivity contribution in [2.45, 2.75) is 89.9 Å². The summed E-state index contributed by atoms with van der Waals surface area (Å²) in [6, 6.07) is 2.82. The molecular formula is C31H41F2N3O2. The van der Waals surface area contributed by atoms with E-state index < -0.39 is 22.9 Å². The first-order valence-electron chi connectivity index (χ1n) is 14.0. The number of pyridine rings is 1. The van der Waals surface area contributed by atoms with E-state index in [1.54, 1.807) is 11.1 Å². The molecule has 0 spiro atoms. The van der Waals surface area contributed by atoms with Crippen molar-refractivity contribution < 1.29 is 19.0 Å². The number of nitrogens with zero attached hydrogens (tertiary/aromatic N) is 2. The van der Waals surface area contributed by atoms with Crippen molar-refractivity contribution in [3.63, 3.8) is 0 Å². The van der Waals surface area contributed by atoms with Gasteiger partial charge in [-0.2, -0.15) is 0 Å². The van der Waals surface area contributed by atoms with E-state index in [4.69, 9.17) is 5.84 Å². The Morgan fingerprint density at radius 1 is 1.32 bits per heavy atom. The Morgan fingerprint density at radius 2 is 2.05 bits per heavy atom. The van der Waals surface area contributed by atoms with E-state index in [9.17, 15) is 19.0 Å². The zero-order valence-corrected chi connectivity index (χ0v) is 22.8. The molecule has 4 aliphatic carbocycles. The summed E-state index contributed by atoms with van der Waals surface area (Å²) in [6.45, 7) is 9.57. The molecule has 3 fully saturated rings. The van der Waals surface area contributed by atoms with Gasteiger partial charge >= 0.3 is 0 Å². The van der Waals surface area contributed by atoms with Gasteiger partial charge in [0.15, 0.2) is 0 Å². The lowest BCUT2D eigenvalue weighted by atomic mass is 9.58. The SMILES string of the molecule is C=C(C)C(=CC=C(C)F)N(N)C1C2C=C3CCC(O)(CC(O)c4ccc(F)cn4)C3(C3CC3)CC21CCC. The van der Waals surface area contributed by atoms with Gasteiger partial charge in [0.2, 0.25) is 0 Å². The van der Waals surface area contributed by atoms with Crippen LogP contribution in [0.3, 0.4) is 0 Å². The minimum Gasteiger partial charge on any atom is -0.389 e. The molecule has 0 saturated heterocycles. The normalized spacial score (nSPS) is 35.3. The van der Waals surface area contributed by atoms with E-state index in [0.717, 1.165) is 50.3 Å². The molecule has 1 heterocycles. The van der Waals surface area contributed by atoms with Crippen LogP contribution in [0.1, 0.15) is 83.9 Å². The monoisotopic (exact) mass is 525 g/mol. The lowest BCUT2D eigenvalue weighted by Gasteiger charge is -2.49. The summed E-state index contributed by atoms with van der Waals surface area (Å²) < 4.78 is 27.0. The van der Waals surface area contributed by atoms with Crippen molar-refractivity contribution in [3.8, 4) is 0 Å². The molecule has 0 bridgehead atoms. The van der Waals surface area contributed by atoms with E-state index >= 15 is 0 Å². The third kappa shape index (κ3) is 4.27. The van der Waals surface area contributed by atoms with Crippen LogP contribution in [0.4, 0.5) is 8.78 Å². The maximum absolute atomic E-state index is 13.6. The molecule has 0 amide bonds. The fourth-order valence-corrected chi connectivity index (χ4v) is 8.08. The predicted octanol–water partition coefficient (Wildman–Crippen LogP) is 6.19. The zero-order valence-electron chi connectivity index (χ0n) is 22.8. The maximum Gasteiger partial charge on any atom is 0.141 e. The molecule has 0 aliphatic heterocycles. The molecule has 4 aliphatic rings. The van der Waals surface area contributed by atoms with Gasteiger partial charge in [-0.15, -0.1) is 0 Å². The molecule has 38 heavy (non-hydrogen) atoms. The number of hydrogen-bond donors (Lipinski definition) is 3. The summed E-state index contributed by atoms with van der Waals surface area (Å²) in [6.07, 6.45) is 12.1. The highest BCUT2D eigenvalue weighted by atomic mass is 19.1. The van der Waals surface area contributed by atoms with Crippen LogP contribution in [0.5, 0.6) is 0 Å². The van der Waals surface area contributed by atoms with E-state index in [2.05, 4.69) is 24.6 Å². The maximum atomic E-state index is 13.6. The van der Waals surface area contributed by atoms with Crippen molar-refractivity contribution in [1.29, 1.82) is 0 Å². The van der Waals surface area contributed by atoms with Gasteiger partial charge < -0.3 is 15.2 Å². The molecule has 0 radical (unpaired) electrons. The minimum atomic E-state index is -1.09. The van der Waals surface area contributed by atoms with Crippen LogP contribution in [0.15, 0.2) is 65.8 Å². The molecule has 1 aromatic rings. The van der Waals surface area contributed by atoms with Crippen LogP contribution in [0, 0.1) is 28.5 Å². The minimum absolute atomic E-state index is 0.0281. The van der Waals surface area contributed by atoms with Gasteiger partial charge in [-0.25, -0.2) is 14.6 Å². The Kier molecular flexibility index (Phi) is 6.94. The van der Waals surface area contributed by atoms with E-state index in [-0.39, 0.29) is 29.6 Å². The average molecular weight is 526 g/mol. The van der Waals surface area contributed by atoms with Crippen molar-refractivity contribution in [2.75, 3.05) is 0 Å².